The van der Waals surface area contributed by atoms with Crippen LogP contribution in [0.4, 0.5) is 0 Å². The van der Waals surface area contributed by atoms with Crippen LogP contribution < -0.4 is 0 Å². The average Bonchev–Trinajstić information content (AvgIpc) is 2.69. The van der Waals surface area contributed by atoms with Crippen LogP contribution in [0.5, 0.6) is 0 Å². The molecule has 0 aromatic heterocycles. The van der Waals surface area contributed by atoms with E-state index in [4.69, 9.17) is 27.9 Å². The van der Waals surface area contributed by atoms with Crippen molar-refractivity contribution >= 4 is 23.2 Å². The number of unbranched alkanes of at least 4 members (excludes halogenated alkanes) is 7. The van der Waals surface area contributed by atoms with E-state index in [1.165, 1.54) is 64.3 Å². The van der Waals surface area contributed by atoms with Gasteiger partial charge in [-0.15, -0.1) is 0 Å². The minimum atomic E-state index is 0.313. The molecule has 1 aliphatic rings. The number of hydrogen-bond donors (Lipinski definition) is 0. The van der Waals surface area contributed by atoms with Crippen molar-refractivity contribution in [3.05, 3.63) is 33.8 Å². The second kappa shape index (κ2) is 14.1. The predicted octanol–water partition coefficient (Wildman–Crippen LogP) is 8.13. The van der Waals surface area contributed by atoms with Gasteiger partial charge < -0.3 is 9.22 Å². The molecule has 0 saturated carbocycles. The second-order valence-corrected chi connectivity index (χ2v) is 11.1. The lowest BCUT2D eigenvalue weighted by Crippen LogP contribution is -2.61. The normalized spacial score (nSPS) is 24.1. The summed E-state index contributed by atoms with van der Waals surface area (Å²) in [5, 5.41) is 1.31. The molecule has 0 amide bonds. The molecule has 2 unspecified atom stereocenters. The highest BCUT2D eigenvalue weighted by Gasteiger charge is 2.36. The molecule has 2 rings (SSSR count). The number of quaternary nitrogens is 1. The van der Waals surface area contributed by atoms with Crippen molar-refractivity contribution in [3.8, 4) is 0 Å². The van der Waals surface area contributed by atoms with Gasteiger partial charge in [0.1, 0.15) is 25.3 Å². The maximum absolute atomic E-state index is 6.44. The van der Waals surface area contributed by atoms with Gasteiger partial charge in [0.2, 0.25) is 0 Å². The fraction of sp³-hybridized carbons (Fsp3) is 0.778. The van der Waals surface area contributed by atoms with Gasteiger partial charge in [0, 0.05) is 6.42 Å². The first kappa shape index (κ1) is 27.0. The Kier molecular flexibility index (Phi) is 12.3. The molecule has 0 aliphatic carbocycles. The fourth-order valence-corrected chi connectivity index (χ4v) is 5.60. The summed E-state index contributed by atoms with van der Waals surface area (Å²) in [6.45, 7) is 13.6. The number of rotatable bonds is 14. The topological polar surface area (TPSA) is 9.23 Å². The van der Waals surface area contributed by atoms with Gasteiger partial charge in [0.15, 0.2) is 0 Å². The van der Waals surface area contributed by atoms with Gasteiger partial charge in [-0.05, 0) is 50.3 Å². The summed E-state index contributed by atoms with van der Waals surface area (Å²) in [6, 6.07) is 7.02. The molecule has 2 nitrogen and oxygen atoms in total. The number of benzene rings is 1. The maximum atomic E-state index is 6.44. The molecule has 1 aromatic rings. The Morgan fingerprint density at radius 1 is 0.935 bits per heavy atom. The molecule has 0 spiro atoms. The Morgan fingerprint density at radius 2 is 1.52 bits per heavy atom. The zero-order valence-electron chi connectivity index (χ0n) is 20.4. The maximum Gasteiger partial charge on any atom is 0.105 e. The number of morpholine rings is 1. The number of ether oxygens (including phenoxy) is 1. The lowest BCUT2D eigenvalue weighted by molar-refractivity contribution is -0.941. The summed E-state index contributed by atoms with van der Waals surface area (Å²) < 4.78 is 7.21. The highest BCUT2D eigenvalue weighted by atomic mass is 35.5. The summed E-state index contributed by atoms with van der Waals surface area (Å²) in [5.41, 5.74) is 1.05. The second-order valence-electron chi connectivity index (χ2n) is 10.3. The molecule has 1 aromatic carbocycles. The Bertz CT molecular complexity index is 624. The summed E-state index contributed by atoms with van der Waals surface area (Å²) in [5.74, 6) is 0.855. The highest BCUT2D eigenvalue weighted by molar-refractivity contribution is 6.42. The van der Waals surface area contributed by atoms with Crippen LogP contribution >= 0.6 is 23.2 Å². The van der Waals surface area contributed by atoms with Crippen molar-refractivity contribution in [2.75, 3.05) is 26.2 Å². The zero-order valence-corrected chi connectivity index (χ0v) is 21.9. The summed E-state index contributed by atoms with van der Waals surface area (Å²) >= 11 is 12.7. The molecule has 1 radical (unpaired) electrons. The van der Waals surface area contributed by atoms with Gasteiger partial charge in [0.25, 0.3) is 0 Å². The van der Waals surface area contributed by atoms with Crippen LogP contribution in [0.15, 0.2) is 12.1 Å². The van der Waals surface area contributed by atoms with Crippen molar-refractivity contribution in [2.45, 2.75) is 104 Å². The lowest BCUT2D eigenvalue weighted by atomic mass is 10.0. The quantitative estimate of drug-likeness (QED) is 0.197. The third-order valence-corrected chi connectivity index (χ3v) is 7.56. The van der Waals surface area contributed by atoms with Crippen molar-refractivity contribution < 1.29 is 9.22 Å². The van der Waals surface area contributed by atoms with E-state index in [0.717, 1.165) is 42.0 Å². The van der Waals surface area contributed by atoms with Gasteiger partial charge in [-0.3, -0.25) is 0 Å². The van der Waals surface area contributed by atoms with E-state index in [1.54, 1.807) is 0 Å². The van der Waals surface area contributed by atoms with Crippen LogP contribution in [0, 0.1) is 12.0 Å². The Hall–Kier alpha value is -0.280. The minimum absolute atomic E-state index is 0.313. The SMILES string of the molecule is CC(C)CCCCCCCCCC[N+]1(CCc2[c]ccc(Cl)c2Cl)CC(C)OC(C)C1. The standard InChI is InChI=1S/C27H45Cl2NO/c1-22(2)14-11-9-7-5-6-8-10-12-18-30(20-23(3)31-24(4)21-30)19-17-25-15-13-16-26(28)27(25)29/h13,16,22-24H,5-12,14,17-21H2,1-4H3/q+1. The largest absolute Gasteiger partial charge is 0.364 e. The van der Waals surface area contributed by atoms with Gasteiger partial charge in [-0.1, -0.05) is 88.1 Å². The van der Waals surface area contributed by atoms with Crippen molar-refractivity contribution in [3.63, 3.8) is 0 Å². The van der Waals surface area contributed by atoms with Crippen LogP contribution in [0.2, 0.25) is 10.0 Å². The molecular weight excluding hydrogens is 425 g/mol. The first-order valence-corrected chi connectivity index (χ1v) is 13.4. The molecule has 1 heterocycles. The van der Waals surface area contributed by atoms with Crippen molar-refractivity contribution in [2.24, 2.45) is 5.92 Å². The van der Waals surface area contributed by atoms with Crippen LogP contribution in [0.3, 0.4) is 0 Å². The molecule has 0 N–H and O–H groups in total. The number of nitrogens with zero attached hydrogens (tertiary/aromatic N) is 1. The van der Waals surface area contributed by atoms with Crippen LogP contribution in [-0.4, -0.2) is 42.9 Å². The monoisotopic (exact) mass is 469 g/mol. The third kappa shape index (κ3) is 10.0. The third-order valence-electron chi connectivity index (χ3n) is 6.72. The van der Waals surface area contributed by atoms with E-state index in [1.807, 2.05) is 12.1 Å². The smallest absolute Gasteiger partial charge is 0.105 e. The molecule has 1 fully saturated rings. The molecule has 0 bridgehead atoms. The first-order valence-electron chi connectivity index (χ1n) is 12.7. The van der Waals surface area contributed by atoms with Crippen LogP contribution in [-0.2, 0) is 11.2 Å². The Morgan fingerprint density at radius 3 is 2.13 bits per heavy atom. The van der Waals surface area contributed by atoms with Crippen molar-refractivity contribution in [1.29, 1.82) is 0 Å². The molecule has 1 saturated heterocycles. The molecule has 177 valence electrons. The van der Waals surface area contributed by atoms with E-state index in [2.05, 4.69) is 33.8 Å². The van der Waals surface area contributed by atoms with Gasteiger partial charge >= 0.3 is 0 Å². The summed E-state index contributed by atoms with van der Waals surface area (Å²) in [7, 11) is 0. The van der Waals surface area contributed by atoms with Crippen LogP contribution in [0.25, 0.3) is 0 Å². The zero-order chi connectivity index (χ0) is 22.7. The van der Waals surface area contributed by atoms with Gasteiger partial charge in [0.05, 0.1) is 23.1 Å². The minimum Gasteiger partial charge on any atom is -0.364 e. The Labute approximate surface area is 202 Å². The highest BCUT2D eigenvalue weighted by Crippen LogP contribution is 2.28. The molecule has 1 aliphatic heterocycles. The molecule has 31 heavy (non-hydrogen) atoms. The fourth-order valence-electron chi connectivity index (χ4n) is 5.21. The van der Waals surface area contributed by atoms with E-state index >= 15 is 0 Å². The van der Waals surface area contributed by atoms with Gasteiger partial charge in [-0.25, -0.2) is 0 Å². The van der Waals surface area contributed by atoms with E-state index in [0.29, 0.717) is 22.3 Å². The van der Waals surface area contributed by atoms with E-state index in [-0.39, 0.29) is 0 Å². The summed E-state index contributed by atoms with van der Waals surface area (Å²) in [4.78, 5) is 0. The number of hydrogen-bond acceptors (Lipinski definition) is 1. The molecular formula is C27H45Cl2NO+. The Balaban J connectivity index is 1.76. The first-order chi connectivity index (χ1) is 14.8. The number of halogens is 2. The van der Waals surface area contributed by atoms with E-state index in [9.17, 15) is 0 Å². The van der Waals surface area contributed by atoms with Crippen LogP contribution in [0.1, 0.15) is 91.0 Å². The average molecular weight is 471 g/mol. The predicted molar refractivity (Wildman–Crippen MR) is 135 cm³/mol. The van der Waals surface area contributed by atoms with Gasteiger partial charge in [-0.2, -0.15) is 0 Å². The van der Waals surface area contributed by atoms with Crippen molar-refractivity contribution in [1.82, 2.24) is 0 Å². The molecule has 4 heteroatoms. The summed E-state index contributed by atoms with van der Waals surface area (Å²) in [6.07, 6.45) is 14.0. The lowest BCUT2D eigenvalue weighted by Gasteiger charge is -2.46. The molecule has 2 atom stereocenters. The van der Waals surface area contributed by atoms with E-state index < -0.39 is 0 Å².